The molecular weight excluding hydrogens is 418 g/mol. The van der Waals surface area contributed by atoms with E-state index in [0.29, 0.717) is 28.1 Å². The van der Waals surface area contributed by atoms with E-state index in [9.17, 15) is 14.7 Å². The maximum Gasteiger partial charge on any atom is 0.275 e. The molecule has 0 aliphatic rings. The van der Waals surface area contributed by atoms with E-state index in [1.54, 1.807) is 24.3 Å². The van der Waals surface area contributed by atoms with Gasteiger partial charge in [0.05, 0.1) is 18.4 Å². The highest BCUT2D eigenvalue weighted by Crippen LogP contribution is 2.28. The van der Waals surface area contributed by atoms with Gasteiger partial charge in [0.15, 0.2) is 18.1 Å². The Hall–Kier alpha value is -3.07. The van der Waals surface area contributed by atoms with Crippen LogP contribution < -0.4 is 20.6 Å². The van der Waals surface area contributed by atoms with E-state index in [1.807, 2.05) is 6.92 Å². The van der Waals surface area contributed by atoms with Gasteiger partial charge >= 0.3 is 0 Å². The van der Waals surface area contributed by atoms with Crippen LogP contribution in [0.4, 0.5) is 0 Å². The van der Waals surface area contributed by atoms with Crippen LogP contribution in [0.1, 0.15) is 22.8 Å². The third-order valence-electron chi connectivity index (χ3n) is 3.22. The van der Waals surface area contributed by atoms with Crippen molar-refractivity contribution in [1.29, 1.82) is 0 Å². The molecule has 0 aliphatic heterocycles. The number of nitrogens with one attached hydrogen (secondary N) is 1. The summed E-state index contributed by atoms with van der Waals surface area (Å²) in [5.74, 6) is -0.520. The van der Waals surface area contributed by atoms with Crippen molar-refractivity contribution in [3.8, 4) is 17.2 Å². The Kier molecular flexibility index (Phi) is 7.18. The molecule has 8 nitrogen and oxygen atoms in total. The first-order valence-electron chi connectivity index (χ1n) is 7.90. The first kappa shape index (κ1) is 20.2. The van der Waals surface area contributed by atoms with Crippen LogP contribution in [0.2, 0.25) is 0 Å². The lowest BCUT2D eigenvalue weighted by atomic mass is 10.2. The number of primary amides is 1. The molecule has 142 valence electrons. The highest BCUT2D eigenvalue weighted by Gasteiger charge is 2.11. The molecule has 2 aromatic rings. The molecular formula is C18H18BrN3O5. The summed E-state index contributed by atoms with van der Waals surface area (Å²) in [5.41, 5.74) is 8.13. The number of hydrogen-bond acceptors (Lipinski definition) is 6. The summed E-state index contributed by atoms with van der Waals surface area (Å²) < 4.78 is 11.4. The molecule has 27 heavy (non-hydrogen) atoms. The number of hydrazone groups is 1. The summed E-state index contributed by atoms with van der Waals surface area (Å²) in [6.45, 7) is 1.94. The molecule has 2 aromatic carbocycles. The summed E-state index contributed by atoms with van der Waals surface area (Å²) >= 11 is 3.24. The van der Waals surface area contributed by atoms with Crippen molar-refractivity contribution in [2.45, 2.75) is 6.92 Å². The molecule has 2 amide bonds. The second-order valence-corrected chi connectivity index (χ2v) is 6.17. The molecule has 9 heteroatoms. The van der Waals surface area contributed by atoms with Crippen molar-refractivity contribution in [2.24, 2.45) is 10.8 Å². The van der Waals surface area contributed by atoms with E-state index in [-0.39, 0.29) is 17.9 Å². The lowest BCUT2D eigenvalue weighted by Crippen LogP contribution is -2.20. The van der Waals surface area contributed by atoms with Gasteiger partial charge < -0.3 is 20.3 Å². The number of phenolic OH excluding ortho intramolecular Hbond substituents is 1. The van der Waals surface area contributed by atoms with Crippen molar-refractivity contribution in [1.82, 2.24) is 5.43 Å². The maximum absolute atomic E-state index is 12.1. The molecule has 2 rings (SSSR count). The summed E-state index contributed by atoms with van der Waals surface area (Å²) in [5, 5.41) is 13.6. The van der Waals surface area contributed by atoms with Crippen molar-refractivity contribution >= 4 is 34.0 Å². The fourth-order valence-corrected chi connectivity index (χ4v) is 2.42. The number of nitrogens with zero attached hydrogens (tertiary/aromatic N) is 1. The van der Waals surface area contributed by atoms with Crippen LogP contribution in [0.15, 0.2) is 46.0 Å². The number of amides is 2. The van der Waals surface area contributed by atoms with Crippen LogP contribution in [0.3, 0.4) is 0 Å². The van der Waals surface area contributed by atoms with Gasteiger partial charge in [-0.05, 0) is 48.9 Å². The van der Waals surface area contributed by atoms with E-state index in [4.69, 9.17) is 15.2 Å². The maximum atomic E-state index is 12.1. The number of rotatable bonds is 8. The Labute approximate surface area is 164 Å². The van der Waals surface area contributed by atoms with Crippen molar-refractivity contribution in [3.05, 3.63) is 52.0 Å². The van der Waals surface area contributed by atoms with E-state index in [0.717, 1.165) is 0 Å². The minimum absolute atomic E-state index is 0.0896. The van der Waals surface area contributed by atoms with Crippen LogP contribution in [0.5, 0.6) is 17.2 Å². The predicted octanol–water partition coefficient (Wildman–Crippen LogP) is 2.18. The highest BCUT2D eigenvalue weighted by molar-refractivity contribution is 9.10. The molecule has 0 saturated heterocycles. The fraction of sp³-hybridized carbons (Fsp3) is 0.167. The largest absolute Gasteiger partial charge is 0.507 e. The number of benzene rings is 2. The molecule has 0 atom stereocenters. The Morgan fingerprint density at radius 3 is 2.70 bits per heavy atom. The smallest absolute Gasteiger partial charge is 0.275 e. The summed E-state index contributed by atoms with van der Waals surface area (Å²) in [7, 11) is 0. The van der Waals surface area contributed by atoms with Gasteiger partial charge in [0, 0.05) is 4.47 Å². The zero-order chi connectivity index (χ0) is 19.8. The molecule has 0 heterocycles. The zero-order valence-electron chi connectivity index (χ0n) is 14.4. The van der Waals surface area contributed by atoms with Crippen LogP contribution in [-0.4, -0.2) is 36.3 Å². The van der Waals surface area contributed by atoms with Gasteiger partial charge in [-0.25, -0.2) is 5.43 Å². The number of carbonyl (C=O) groups excluding carboxylic acids is 2. The standard InChI is InChI=1S/C18H18BrN3O5/c1-2-26-16-7-11(3-6-15(16)27-10-17(20)24)9-21-22-18(25)13-8-12(19)4-5-14(13)23/h3-9,23H,2,10H2,1H3,(H2,20,24)(H,22,25)/b21-9-. The van der Waals surface area contributed by atoms with Crippen molar-refractivity contribution in [3.63, 3.8) is 0 Å². The van der Waals surface area contributed by atoms with Crippen LogP contribution in [-0.2, 0) is 4.79 Å². The number of ether oxygens (including phenoxy) is 2. The van der Waals surface area contributed by atoms with Crippen molar-refractivity contribution in [2.75, 3.05) is 13.2 Å². The molecule has 0 unspecified atom stereocenters. The minimum Gasteiger partial charge on any atom is -0.507 e. The fourth-order valence-electron chi connectivity index (χ4n) is 2.06. The van der Waals surface area contributed by atoms with Crippen LogP contribution in [0, 0.1) is 0 Å². The molecule has 0 aliphatic carbocycles. The van der Waals surface area contributed by atoms with Gasteiger partial charge in [-0.3, -0.25) is 9.59 Å². The first-order valence-corrected chi connectivity index (χ1v) is 8.70. The van der Waals surface area contributed by atoms with Gasteiger partial charge in [-0.1, -0.05) is 15.9 Å². The molecule has 0 aromatic heterocycles. The number of hydrogen-bond donors (Lipinski definition) is 3. The number of phenols is 1. The average molecular weight is 436 g/mol. The minimum atomic E-state index is -0.596. The number of carbonyl (C=O) groups is 2. The Morgan fingerprint density at radius 2 is 2.00 bits per heavy atom. The summed E-state index contributed by atoms with van der Waals surface area (Å²) in [6.07, 6.45) is 1.41. The quantitative estimate of drug-likeness (QED) is 0.433. The third-order valence-corrected chi connectivity index (χ3v) is 3.71. The number of nitrogens with two attached hydrogens (primary N) is 1. The van der Waals surface area contributed by atoms with Gasteiger partial charge in [-0.2, -0.15) is 5.10 Å². The van der Waals surface area contributed by atoms with E-state index in [1.165, 1.54) is 18.3 Å². The summed E-state index contributed by atoms with van der Waals surface area (Å²) in [4.78, 5) is 22.9. The predicted molar refractivity (Wildman–Crippen MR) is 103 cm³/mol. The van der Waals surface area contributed by atoms with Crippen LogP contribution in [0.25, 0.3) is 0 Å². The zero-order valence-corrected chi connectivity index (χ0v) is 16.0. The Balaban J connectivity index is 2.09. The molecule has 0 spiro atoms. The lowest BCUT2D eigenvalue weighted by Gasteiger charge is -2.11. The van der Waals surface area contributed by atoms with E-state index in [2.05, 4.69) is 26.5 Å². The van der Waals surface area contributed by atoms with Gasteiger partial charge in [-0.15, -0.1) is 0 Å². The van der Waals surface area contributed by atoms with E-state index < -0.39 is 11.8 Å². The highest BCUT2D eigenvalue weighted by atomic mass is 79.9. The Morgan fingerprint density at radius 1 is 1.22 bits per heavy atom. The SMILES string of the molecule is CCOc1cc(/C=N\NC(=O)c2cc(Br)ccc2O)ccc1OCC(N)=O. The number of aromatic hydroxyl groups is 1. The van der Waals surface area contributed by atoms with Crippen molar-refractivity contribution < 1.29 is 24.2 Å². The molecule has 0 fully saturated rings. The number of halogens is 1. The second-order valence-electron chi connectivity index (χ2n) is 5.25. The lowest BCUT2D eigenvalue weighted by molar-refractivity contribution is -0.119. The van der Waals surface area contributed by atoms with Gasteiger partial charge in [0.2, 0.25) is 0 Å². The monoisotopic (exact) mass is 435 g/mol. The summed E-state index contributed by atoms with van der Waals surface area (Å²) in [6, 6.07) is 9.43. The third kappa shape index (κ3) is 6.00. The normalized spacial score (nSPS) is 10.6. The molecule has 4 N–H and O–H groups in total. The topological polar surface area (TPSA) is 123 Å². The van der Waals surface area contributed by atoms with Crippen LogP contribution >= 0.6 is 15.9 Å². The molecule has 0 saturated carbocycles. The second kappa shape index (κ2) is 9.58. The van der Waals surface area contributed by atoms with E-state index >= 15 is 0 Å². The molecule has 0 radical (unpaired) electrons. The molecule has 0 bridgehead atoms. The average Bonchev–Trinajstić information content (AvgIpc) is 2.63. The van der Waals surface area contributed by atoms with Gasteiger partial charge in [0.25, 0.3) is 11.8 Å². The first-order chi connectivity index (χ1) is 12.9. The van der Waals surface area contributed by atoms with Gasteiger partial charge in [0.1, 0.15) is 5.75 Å². The Bertz CT molecular complexity index is 870.